The molecule has 0 aliphatic carbocycles. The molecule has 1 aromatic heterocycles. The fraction of sp³-hybridized carbons (Fsp3) is 0.118. The molecule has 1 atom stereocenters. The van der Waals surface area contributed by atoms with Crippen LogP contribution in [0.4, 0.5) is 4.39 Å². The molecule has 3 rings (SSSR count). The molecule has 3 nitrogen and oxygen atoms in total. The Morgan fingerprint density at radius 2 is 2.00 bits per heavy atom. The number of hydrogen-bond donors (Lipinski definition) is 1. The van der Waals surface area contributed by atoms with Gasteiger partial charge in [-0.25, -0.2) is 4.39 Å². The molecule has 1 unspecified atom stereocenters. The van der Waals surface area contributed by atoms with Gasteiger partial charge in [0.25, 0.3) is 5.91 Å². The molecule has 0 bridgehead atoms. The quantitative estimate of drug-likeness (QED) is 0.759. The number of nitrogens with one attached hydrogen (secondary N) is 1. The van der Waals surface area contributed by atoms with Gasteiger partial charge in [-0.1, -0.05) is 35.9 Å². The lowest BCUT2D eigenvalue weighted by Crippen LogP contribution is -2.27. The monoisotopic (exact) mass is 317 g/mol. The maximum Gasteiger partial charge on any atom is 0.256 e. The van der Waals surface area contributed by atoms with Crippen LogP contribution in [-0.2, 0) is 0 Å². The first kappa shape index (κ1) is 14.6. The third kappa shape index (κ3) is 2.70. The molecular weight excluding hydrogens is 305 g/mol. The summed E-state index contributed by atoms with van der Waals surface area (Å²) in [7, 11) is 0. The first-order chi connectivity index (χ1) is 10.6. The van der Waals surface area contributed by atoms with Gasteiger partial charge in [-0.05, 0) is 31.2 Å². The second-order valence-corrected chi connectivity index (χ2v) is 5.39. The molecule has 0 fully saturated rings. The molecule has 0 spiro atoms. The molecule has 5 heteroatoms. The molecule has 1 heterocycles. The number of benzene rings is 2. The summed E-state index contributed by atoms with van der Waals surface area (Å²) in [5.41, 5.74) is 0.578. The highest BCUT2D eigenvalue weighted by molar-refractivity contribution is 6.33. The zero-order chi connectivity index (χ0) is 15.7. The molecule has 2 aromatic carbocycles. The van der Waals surface area contributed by atoms with Crippen molar-refractivity contribution in [2.45, 2.75) is 13.0 Å². The van der Waals surface area contributed by atoms with Gasteiger partial charge in [-0.15, -0.1) is 0 Å². The molecule has 0 aliphatic heterocycles. The van der Waals surface area contributed by atoms with Crippen molar-refractivity contribution in [2.75, 3.05) is 0 Å². The van der Waals surface area contributed by atoms with E-state index >= 15 is 0 Å². The van der Waals surface area contributed by atoms with Crippen molar-refractivity contribution in [3.63, 3.8) is 0 Å². The van der Waals surface area contributed by atoms with Gasteiger partial charge in [-0.2, -0.15) is 0 Å². The first-order valence-electron chi connectivity index (χ1n) is 6.79. The van der Waals surface area contributed by atoms with Crippen molar-refractivity contribution < 1.29 is 13.6 Å². The average molecular weight is 318 g/mol. The highest BCUT2D eigenvalue weighted by Crippen LogP contribution is 2.25. The van der Waals surface area contributed by atoms with Crippen LogP contribution < -0.4 is 5.32 Å². The van der Waals surface area contributed by atoms with E-state index in [0.717, 1.165) is 11.0 Å². The number of para-hydroxylation sites is 1. The van der Waals surface area contributed by atoms with Gasteiger partial charge in [-0.3, -0.25) is 4.79 Å². The fourth-order valence-electron chi connectivity index (χ4n) is 2.27. The molecule has 0 saturated carbocycles. The third-order valence-corrected chi connectivity index (χ3v) is 3.72. The second kappa shape index (κ2) is 5.81. The van der Waals surface area contributed by atoms with E-state index in [1.807, 2.05) is 30.3 Å². The lowest BCUT2D eigenvalue weighted by Gasteiger charge is -2.12. The van der Waals surface area contributed by atoms with Gasteiger partial charge < -0.3 is 9.73 Å². The van der Waals surface area contributed by atoms with E-state index in [1.54, 1.807) is 6.92 Å². The zero-order valence-electron chi connectivity index (χ0n) is 11.8. The molecule has 0 saturated heterocycles. The smallest absolute Gasteiger partial charge is 0.256 e. The summed E-state index contributed by atoms with van der Waals surface area (Å²) in [6.07, 6.45) is 0. The fourth-order valence-corrected chi connectivity index (χ4v) is 2.52. The van der Waals surface area contributed by atoms with Crippen LogP contribution in [0.5, 0.6) is 0 Å². The average Bonchev–Trinajstić information content (AvgIpc) is 2.91. The summed E-state index contributed by atoms with van der Waals surface area (Å²) in [4.78, 5) is 12.2. The van der Waals surface area contributed by atoms with E-state index in [0.29, 0.717) is 5.76 Å². The number of fused-ring (bicyclic) bond motifs is 1. The van der Waals surface area contributed by atoms with Gasteiger partial charge >= 0.3 is 0 Å². The largest absolute Gasteiger partial charge is 0.459 e. The van der Waals surface area contributed by atoms with Crippen LogP contribution in [0.15, 0.2) is 52.9 Å². The Balaban J connectivity index is 1.84. The summed E-state index contributed by atoms with van der Waals surface area (Å²) in [6, 6.07) is 13.1. The van der Waals surface area contributed by atoms with Gasteiger partial charge in [0.05, 0.1) is 16.6 Å². The van der Waals surface area contributed by atoms with Gasteiger partial charge in [0.1, 0.15) is 17.2 Å². The Bertz CT molecular complexity index is 790. The summed E-state index contributed by atoms with van der Waals surface area (Å²) in [6.45, 7) is 1.77. The van der Waals surface area contributed by atoms with Crippen molar-refractivity contribution in [3.05, 3.63) is 70.7 Å². The molecular formula is C17H13ClFNO2. The standard InChI is InChI=1S/C17H13ClFNO2/c1-10(15-9-11-5-2-3-8-14(11)22-15)20-17(21)16-12(18)6-4-7-13(16)19/h2-10H,1H3,(H,20,21). The molecule has 3 aromatic rings. The van der Waals surface area contributed by atoms with Crippen LogP contribution in [0.3, 0.4) is 0 Å². The minimum absolute atomic E-state index is 0.0781. The Labute approximate surface area is 131 Å². The molecule has 1 N–H and O–H groups in total. The van der Waals surface area contributed by atoms with Gasteiger partial charge in [0, 0.05) is 5.39 Å². The predicted molar refractivity (Wildman–Crippen MR) is 83.5 cm³/mol. The Hall–Kier alpha value is -2.33. The number of halogens is 2. The topological polar surface area (TPSA) is 42.2 Å². The number of furan rings is 1. The van der Waals surface area contributed by atoms with Crippen molar-refractivity contribution >= 4 is 28.5 Å². The molecule has 0 radical (unpaired) electrons. The van der Waals surface area contributed by atoms with Crippen molar-refractivity contribution in [3.8, 4) is 0 Å². The number of amides is 1. The Morgan fingerprint density at radius 1 is 1.23 bits per heavy atom. The van der Waals surface area contributed by atoms with Crippen LogP contribution in [0, 0.1) is 5.82 Å². The zero-order valence-corrected chi connectivity index (χ0v) is 12.5. The van der Waals surface area contributed by atoms with E-state index in [-0.39, 0.29) is 10.6 Å². The van der Waals surface area contributed by atoms with Crippen LogP contribution in [-0.4, -0.2) is 5.91 Å². The van der Waals surface area contributed by atoms with Crippen molar-refractivity contribution in [1.29, 1.82) is 0 Å². The lowest BCUT2D eigenvalue weighted by molar-refractivity contribution is 0.0932. The van der Waals surface area contributed by atoms with Crippen molar-refractivity contribution in [2.24, 2.45) is 0 Å². The number of hydrogen-bond acceptors (Lipinski definition) is 2. The van der Waals surface area contributed by atoms with Gasteiger partial charge in [0.2, 0.25) is 0 Å². The SMILES string of the molecule is CC(NC(=O)c1c(F)cccc1Cl)c1cc2ccccc2o1. The summed E-state index contributed by atoms with van der Waals surface area (Å²) in [5, 5.41) is 3.72. The molecule has 22 heavy (non-hydrogen) atoms. The minimum Gasteiger partial charge on any atom is -0.459 e. The van der Waals surface area contributed by atoms with E-state index in [2.05, 4.69) is 5.32 Å². The maximum absolute atomic E-state index is 13.8. The first-order valence-corrected chi connectivity index (χ1v) is 7.17. The third-order valence-electron chi connectivity index (χ3n) is 3.41. The Morgan fingerprint density at radius 3 is 2.73 bits per heavy atom. The maximum atomic E-state index is 13.8. The highest BCUT2D eigenvalue weighted by atomic mass is 35.5. The summed E-state index contributed by atoms with van der Waals surface area (Å²) >= 11 is 5.89. The van der Waals surface area contributed by atoms with E-state index in [1.165, 1.54) is 18.2 Å². The van der Waals surface area contributed by atoms with Crippen LogP contribution in [0.25, 0.3) is 11.0 Å². The van der Waals surface area contributed by atoms with E-state index in [4.69, 9.17) is 16.0 Å². The van der Waals surface area contributed by atoms with E-state index in [9.17, 15) is 9.18 Å². The molecule has 0 aliphatic rings. The van der Waals surface area contributed by atoms with Crippen LogP contribution in [0.2, 0.25) is 5.02 Å². The second-order valence-electron chi connectivity index (χ2n) is 4.98. The lowest BCUT2D eigenvalue weighted by atomic mass is 10.1. The van der Waals surface area contributed by atoms with Crippen molar-refractivity contribution in [1.82, 2.24) is 5.32 Å². The molecule has 112 valence electrons. The van der Waals surface area contributed by atoms with E-state index < -0.39 is 17.8 Å². The van der Waals surface area contributed by atoms with Crippen LogP contribution >= 0.6 is 11.6 Å². The van der Waals surface area contributed by atoms with Crippen LogP contribution in [0.1, 0.15) is 29.1 Å². The molecule has 1 amide bonds. The predicted octanol–water partition coefficient (Wildman–Crippen LogP) is 4.72. The summed E-state index contributed by atoms with van der Waals surface area (Å²) in [5.74, 6) is -0.625. The number of rotatable bonds is 3. The number of carbonyl (C=O) groups is 1. The minimum atomic E-state index is -0.651. The highest BCUT2D eigenvalue weighted by Gasteiger charge is 2.20. The Kier molecular flexibility index (Phi) is 3.86. The summed E-state index contributed by atoms with van der Waals surface area (Å²) < 4.78 is 19.4. The number of carbonyl (C=O) groups excluding carboxylic acids is 1. The van der Waals surface area contributed by atoms with Gasteiger partial charge in [0.15, 0.2) is 0 Å². The normalized spacial score (nSPS) is 12.3.